The Hall–Kier alpha value is -1.80. The molecule has 21 heavy (non-hydrogen) atoms. The van der Waals surface area contributed by atoms with Crippen LogP contribution in [0, 0.1) is 0 Å². The van der Waals surface area contributed by atoms with Crippen molar-refractivity contribution in [3.8, 4) is 0 Å². The highest BCUT2D eigenvalue weighted by atomic mass is 32.2. The third kappa shape index (κ3) is 3.64. The van der Waals surface area contributed by atoms with Crippen molar-refractivity contribution in [2.75, 3.05) is 24.1 Å². The van der Waals surface area contributed by atoms with Crippen LogP contribution in [0.3, 0.4) is 0 Å². The molecule has 1 atom stereocenters. The van der Waals surface area contributed by atoms with Gasteiger partial charge in [-0.3, -0.25) is 4.79 Å². The van der Waals surface area contributed by atoms with E-state index in [2.05, 4.69) is 5.32 Å². The SMILES string of the molecule is CC(Nc1ccc(S(N)(=O)=O)c(N)c1)C(=O)N1CCCC1. The summed E-state index contributed by atoms with van der Waals surface area (Å²) in [5.41, 5.74) is 6.33. The van der Waals surface area contributed by atoms with E-state index in [0.29, 0.717) is 5.69 Å². The zero-order valence-electron chi connectivity index (χ0n) is 11.9. The van der Waals surface area contributed by atoms with Gasteiger partial charge in [0.1, 0.15) is 10.9 Å². The Kier molecular flexibility index (Phi) is 4.38. The number of nitrogen functional groups attached to an aromatic ring is 1. The number of nitrogens with two attached hydrogens (primary N) is 2. The van der Waals surface area contributed by atoms with Crippen LogP contribution >= 0.6 is 0 Å². The standard InChI is InChI=1S/C13H20N4O3S/c1-9(13(18)17-6-2-3-7-17)16-10-4-5-12(11(14)8-10)21(15,19)20/h4-5,8-9,16H,2-3,6-7,14H2,1H3,(H2,15,19,20). The minimum Gasteiger partial charge on any atom is -0.398 e. The van der Waals surface area contributed by atoms with Gasteiger partial charge in [0.15, 0.2) is 0 Å². The van der Waals surface area contributed by atoms with Gasteiger partial charge < -0.3 is 16.0 Å². The fourth-order valence-electron chi connectivity index (χ4n) is 2.42. The van der Waals surface area contributed by atoms with E-state index < -0.39 is 16.1 Å². The summed E-state index contributed by atoms with van der Waals surface area (Å²) in [5, 5.41) is 8.08. The van der Waals surface area contributed by atoms with E-state index in [4.69, 9.17) is 10.9 Å². The van der Waals surface area contributed by atoms with Gasteiger partial charge in [-0.1, -0.05) is 0 Å². The molecule has 1 aliphatic heterocycles. The molecule has 0 bridgehead atoms. The Morgan fingerprint density at radius 1 is 1.33 bits per heavy atom. The maximum atomic E-state index is 12.2. The molecule has 116 valence electrons. The summed E-state index contributed by atoms with van der Waals surface area (Å²) in [4.78, 5) is 13.9. The number of anilines is 2. The lowest BCUT2D eigenvalue weighted by molar-refractivity contribution is -0.130. The van der Waals surface area contributed by atoms with E-state index in [9.17, 15) is 13.2 Å². The number of hydrogen-bond donors (Lipinski definition) is 3. The summed E-state index contributed by atoms with van der Waals surface area (Å²) in [5.74, 6) is 0.0293. The lowest BCUT2D eigenvalue weighted by Gasteiger charge is -2.22. The van der Waals surface area contributed by atoms with Crippen LogP contribution in [0.5, 0.6) is 0 Å². The number of amides is 1. The Balaban J connectivity index is 2.09. The molecule has 1 aromatic carbocycles. The van der Waals surface area contributed by atoms with Crippen molar-refractivity contribution in [1.29, 1.82) is 0 Å². The molecule has 1 amide bonds. The number of rotatable bonds is 4. The van der Waals surface area contributed by atoms with Crippen LogP contribution < -0.4 is 16.2 Å². The zero-order chi connectivity index (χ0) is 15.6. The van der Waals surface area contributed by atoms with Crippen molar-refractivity contribution in [2.45, 2.75) is 30.7 Å². The van der Waals surface area contributed by atoms with Crippen molar-refractivity contribution in [1.82, 2.24) is 4.90 Å². The summed E-state index contributed by atoms with van der Waals surface area (Å²) < 4.78 is 22.6. The van der Waals surface area contributed by atoms with Crippen LogP contribution in [-0.4, -0.2) is 38.4 Å². The third-order valence-corrected chi connectivity index (χ3v) is 4.47. The number of sulfonamides is 1. The number of nitrogens with one attached hydrogen (secondary N) is 1. The van der Waals surface area contributed by atoms with Gasteiger partial charge in [-0.25, -0.2) is 13.6 Å². The molecule has 1 aliphatic rings. The van der Waals surface area contributed by atoms with Gasteiger partial charge in [-0.05, 0) is 38.0 Å². The number of benzene rings is 1. The Morgan fingerprint density at radius 2 is 1.95 bits per heavy atom. The Morgan fingerprint density at radius 3 is 2.48 bits per heavy atom. The molecule has 1 fully saturated rings. The molecule has 2 rings (SSSR count). The van der Waals surface area contributed by atoms with Crippen molar-refractivity contribution in [2.24, 2.45) is 5.14 Å². The van der Waals surface area contributed by atoms with Crippen LogP contribution in [0.15, 0.2) is 23.1 Å². The van der Waals surface area contributed by atoms with Crippen molar-refractivity contribution < 1.29 is 13.2 Å². The van der Waals surface area contributed by atoms with Crippen molar-refractivity contribution >= 4 is 27.3 Å². The lowest BCUT2D eigenvalue weighted by Crippen LogP contribution is -2.39. The fourth-order valence-corrected chi connectivity index (χ4v) is 3.07. The number of carbonyl (C=O) groups is 1. The fraction of sp³-hybridized carbons (Fsp3) is 0.462. The molecule has 0 aliphatic carbocycles. The Labute approximate surface area is 124 Å². The van der Waals surface area contributed by atoms with Gasteiger partial charge in [0, 0.05) is 18.8 Å². The van der Waals surface area contributed by atoms with E-state index >= 15 is 0 Å². The first-order valence-corrected chi connectivity index (χ1v) is 8.31. The molecule has 1 heterocycles. The smallest absolute Gasteiger partial charge is 0.244 e. The molecular formula is C13H20N4O3S. The lowest BCUT2D eigenvalue weighted by atomic mass is 10.2. The van der Waals surface area contributed by atoms with Gasteiger partial charge in [0.05, 0.1) is 5.69 Å². The van der Waals surface area contributed by atoms with Crippen LogP contribution in [0.1, 0.15) is 19.8 Å². The number of primary sulfonamides is 1. The normalized spacial score (nSPS) is 16.8. The predicted molar refractivity (Wildman–Crippen MR) is 81.1 cm³/mol. The summed E-state index contributed by atoms with van der Waals surface area (Å²) >= 11 is 0. The monoisotopic (exact) mass is 312 g/mol. The quantitative estimate of drug-likeness (QED) is 0.693. The topological polar surface area (TPSA) is 119 Å². The molecule has 8 heteroatoms. The van der Waals surface area contributed by atoms with Crippen LogP contribution in [0.4, 0.5) is 11.4 Å². The van der Waals surface area contributed by atoms with Crippen LogP contribution in [-0.2, 0) is 14.8 Å². The number of hydrogen-bond acceptors (Lipinski definition) is 5. The molecule has 0 saturated carbocycles. The first kappa shape index (κ1) is 15.6. The minimum atomic E-state index is -3.84. The molecule has 1 unspecified atom stereocenters. The highest BCUT2D eigenvalue weighted by molar-refractivity contribution is 7.89. The maximum absolute atomic E-state index is 12.2. The maximum Gasteiger partial charge on any atom is 0.244 e. The van der Waals surface area contributed by atoms with Crippen LogP contribution in [0.25, 0.3) is 0 Å². The van der Waals surface area contributed by atoms with Gasteiger partial charge in [-0.15, -0.1) is 0 Å². The second-order valence-corrected chi connectivity index (χ2v) is 6.73. The van der Waals surface area contributed by atoms with Crippen molar-refractivity contribution in [3.05, 3.63) is 18.2 Å². The number of carbonyl (C=O) groups excluding carboxylic acids is 1. The molecule has 5 N–H and O–H groups in total. The second-order valence-electron chi connectivity index (χ2n) is 5.20. The molecule has 7 nitrogen and oxygen atoms in total. The first-order chi connectivity index (χ1) is 9.79. The molecule has 0 radical (unpaired) electrons. The summed E-state index contributed by atoms with van der Waals surface area (Å²) in [7, 11) is -3.84. The van der Waals surface area contributed by atoms with E-state index in [1.807, 2.05) is 4.90 Å². The number of likely N-dealkylation sites (tertiary alicyclic amines) is 1. The predicted octanol–water partition coefficient (Wildman–Crippen LogP) is 0.339. The van der Waals surface area contributed by atoms with Gasteiger partial charge >= 0.3 is 0 Å². The third-order valence-electron chi connectivity index (χ3n) is 3.49. The second kappa shape index (κ2) is 5.90. The van der Waals surface area contributed by atoms with E-state index in [-0.39, 0.29) is 16.5 Å². The summed E-state index contributed by atoms with van der Waals surface area (Å²) in [6, 6.07) is 3.94. The molecule has 1 aromatic rings. The summed E-state index contributed by atoms with van der Waals surface area (Å²) in [6.45, 7) is 3.35. The van der Waals surface area contributed by atoms with Crippen LogP contribution in [0.2, 0.25) is 0 Å². The molecule has 0 spiro atoms. The highest BCUT2D eigenvalue weighted by Crippen LogP contribution is 2.22. The van der Waals surface area contributed by atoms with Gasteiger partial charge in [-0.2, -0.15) is 0 Å². The highest BCUT2D eigenvalue weighted by Gasteiger charge is 2.23. The number of nitrogens with zero attached hydrogens (tertiary/aromatic N) is 1. The molecule has 1 saturated heterocycles. The summed E-state index contributed by atoms with van der Waals surface area (Å²) in [6.07, 6.45) is 2.07. The molecular weight excluding hydrogens is 292 g/mol. The molecule has 0 aromatic heterocycles. The zero-order valence-corrected chi connectivity index (χ0v) is 12.7. The first-order valence-electron chi connectivity index (χ1n) is 6.76. The van der Waals surface area contributed by atoms with E-state index in [0.717, 1.165) is 25.9 Å². The Bertz CT molecular complexity index is 639. The van der Waals surface area contributed by atoms with Gasteiger partial charge in [0.2, 0.25) is 15.9 Å². The largest absolute Gasteiger partial charge is 0.398 e. The average molecular weight is 312 g/mol. The van der Waals surface area contributed by atoms with E-state index in [1.54, 1.807) is 13.0 Å². The van der Waals surface area contributed by atoms with Crippen molar-refractivity contribution in [3.63, 3.8) is 0 Å². The minimum absolute atomic E-state index is 0.0293. The van der Waals surface area contributed by atoms with E-state index in [1.165, 1.54) is 12.1 Å². The average Bonchev–Trinajstić information content (AvgIpc) is 2.90. The van der Waals surface area contributed by atoms with Gasteiger partial charge in [0.25, 0.3) is 0 Å².